The molecule has 0 bridgehead atoms. The van der Waals surface area contributed by atoms with Crippen molar-refractivity contribution in [3.63, 3.8) is 0 Å². The van der Waals surface area contributed by atoms with Gasteiger partial charge >= 0.3 is 0 Å². The van der Waals surface area contributed by atoms with E-state index in [1.165, 1.54) is 21.2 Å². The second-order valence-corrected chi connectivity index (χ2v) is 3.96. The highest BCUT2D eigenvalue weighted by molar-refractivity contribution is 7.98. The molecule has 2 aromatic rings. The molecule has 0 spiro atoms. The summed E-state index contributed by atoms with van der Waals surface area (Å²) in [6.07, 6.45) is 2.12. The van der Waals surface area contributed by atoms with Crippen LogP contribution in [0.5, 0.6) is 0 Å². The quantitative estimate of drug-likeness (QED) is 0.612. The Bertz CT molecular complexity index is 432. The average molecular weight is 188 g/mol. The predicted molar refractivity (Wildman–Crippen MR) is 60.5 cm³/mol. The third kappa shape index (κ3) is 1.44. The normalized spacial score (nSPS) is 10.6. The summed E-state index contributed by atoms with van der Waals surface area (Å²) in [5.41, 5.74) is 1.39. The highest BCUT2D eigenvalue weighted by Crippen LogP contribution is 2.27. The number of aryl methyl sites for hydroxylation is 1. The van der Waals surface area contributed by atoms with Crippen LogP contribution in [-0.2, 0) is 0 Å². The zero-order valence-corrected chi connectivity index (χ0v) is 8.69. The van der Waals surface area contributed by atoms with Gasteiger partial charge in [-0.15, -0.1) is 11.8 Å². The Hall–Kier alpha value is -0.950. The molecule has 2 rings (SSSR count). The van der Waals surface area contributed by atoms with Crippen molar-refractivity contribution >= 4 is 22.5 Å². The van der Waals surface area contributed by atoms with E-state index in [1.807, 2.05) is 11.8 Å². The van der Waals surface area contributed by atoms with Crippen molar-refractivity contribution in [3.05, 3.63) is 42.0 Å². The van der Waals surface area contributed by atoms with Gasteiger partial charge in [0.1, 0.15) is 0 Å². The summed E-state index contributed by atoms with van der Waals surface area (Å²) in [6.45, 7) is 2.19. The number of rotatable bonds is 1. The van der Waals surface area contributed by atoms with Gasteiger partial charge in [-0.25, -0.2) is 0 Å². The molecule has 0 amide bonds. The highest BCUT2D eigenvalue weighted by atomic mass is 32.2. The van der Waals surface area contributed by atoms with Gasteiger partial charge in [-0.3, -0.25) is 0 Å². The highest BCUT2D eigenvalue weighted by Gasteiger charge is 2.00. The summed E-state index contributed by atoms with van der Waals surface area (Å²) in [5.74, 6) is 0. The van der Waals surface area contributed by atoms with Crippen LogP contribution in [0.3, 0.4) is 0 Å². The largest absolute Gasteiger partial charge is 0.129 e. The van der Waals surface area contributed by atoms with E-state index in [9.17, 15) is 0 Å². The lowest BCUT2D eigenvalue weighted by Crippen LogP contribution is -1.81. The number of hydrogen-bond acceptors (Lipinski definition) is 1. The van der Waals surface area contributed by atoms with Gasteiger partial charge in [0.15, 0.2) is 0 Å². The van der Waals surface area contributed by atoms with Crippen molar-refractivity contribution in [1.82, 2.24) is 0 Å². The molecule has 0 nitrogen and oxygen atoms in total. The van der Waals surface area contributed by atoms with Crippen LogP contribution in [0.15, 0.2) is 41.3 Å². The zero-order valence-electron chi connectivity index (χ0n) is 7.87. The van der Waals surface area contributed by atoms with E-state index < -0.39 is 0 Å². The van der Waals surface area contributed by atoms with Crippen LogP contribution in [0.1, 0.15) is 5.56 Å². The molecule has 0 radical (unpaired) electrons. The summed E-state index contributed by atoms with van der Waals surface area (Å²) in [7, 11) is 0. The topological polar surface area (TPSA) is 0 Å². The van der Waals surface area contributed by atoms with Gasteiger partial charge in [-0.1, -0.05) is 30.3 Å². The molecule has 0 saturated heterocycles. The Morgan fingerprint density at radius 3 is 2.54 bits per heavy atom. The van der Waals surface area contributed by atoms with Gasteiger partial charge < -0.3 is 0 Å². The van der Waals surface area contributed by atoms with Crippen molar-refractivity contribution in [2.24, 2.45) is 0 Å². The Kier molecular flexibility index (Phi) is 2.28. The molecule has 0 aliphatic carbocycles. The minimum absolute atomic E-state index is 1.33. The molecular formula is C12H12S. The number of fused-ring (bicyclic) bond motifs is 1. The first-order chi connectivity index (χ1) is 6.33. The fourth-order valence-electron chi connectivity index (χ4n) is 1.63. The molecule has 1 heteroatoms. The third-order valence-corrected chi connectivity index (χ3v) is 3.25. The first kappa shape index (κ1) is 8.64. The molecule has 0 N–H and O–H groups in total. The van der Waals surface area contributed by atoms with E-state index in [2.05, 4.69) is 49.6 Å². The van der Waals surface area contributed by atoms with Crippen LogP contribution in [0.4, 0.5) is 0 Å². The van der Waals surface area contributed by atoms with Gasteiger partial charge in [0, 0.05) is 4.90 Å². The van der Waals surface area contributed by atoms with Crippen molar-refractivity contribution in [2.75, 3.05) is 6.26 Å². The lowest BCUT2D eigenvalue weighted by molar-refractivity contribution is 1.35. The minimum Gasteiger partial charge on any atom is -0.129 e. The summed E-state index contributed by atoms with van der Waals surface area (Å²) in [4.78, 5) is 1.37. The summed E-state index contributed by atoms with van der Waals surface area (Å²) in [6, 6.07) is 12.9. The number of hydrogen-bond donors (Lipinski definition) is 0. The molecule has 0 unspecified atom stereocenters. The van der Waals surface area contributed by atoms with E-state index in [0.29, 0.717) is 0 Å². The van der Waals surface area contributed by atoms with Crippen LogP contribution in [0.25, 0.3) is 10.8 Å². The maximum absolute atomic E-state index is 2.20. The predicted octanol–water partition coefficient (Wildman–Crippen LogP) is 3.87. The number of benzene rings is 2. The van der Waals surface area contributed by atoms with E-state index in [0.717, 1.165) is 0 Å². The van der Waals surface area contributed by atoms with Gasteiger partial charge in [-0.05, 0) is 35.6 Å². The molecule has 0 aliphatic rings. The van der Waals surface area contributed by atoms with E-state index in [-0.39, 0.29) is 0 Å². The molecule has 13 heavy (non-hydrogen) atoms. The zero-order chi connectivity index (χ0) is 9.26. The lowest BCUT2D eigenvalue weighted by Gasteiger charge is -2.06. The Morgan fingerprint density at radius 1 is 1.00 bits per heavy atom. The standard InChI is InChI=1S/C12H12S/c1-9-11-6-4-3-5-10(11)7-8-12(9)13-2/h3-8H,1-2H3. The minimum atomic E-state index is 1.33. The van der Waals surface area contributed by atoms with E-state index >= 15 is 0 Å². The van der Waals surface area contributed by atoms with Gasteiger partial charge in [-0.2, -0.15) is 0 Å². The molecule has 0 heterocycles. The van der Waals surface area contributed by atoms with E-state index in [1.54, 1.807) is 0 Å². The second-order valence-electron chi connectivity index (χ2n) is 3.11. The lowest BCUT2D eigenvalue weighted by atomic mass is 10.1. The van der Waals surface area contributed by atoms with Gasteiger partial charge in [0.05, 0.1) is 0 Å². The fraction of sp³-hybridized carbons (Fsp3) is 0.167. The second kappa shape index (κ2) is 3.43. The van der Waals surface area contributed by atoms with Crippen molar-refractivity contribution in [3.8, 4) is 0 Å². The molecule has 0 atom stereocenters. The van der Waals surface area contributed by atoms with Crippen LogP contribution in [-0.4, -0.2) is 6.26 Å². The SMILES string of the molecule is CSc1ccc2ccccc2c1C. The smallest absolute Gasteiger partial charge is 0.0105 e. The molecule has 0 saturated carbocycles. The maximum atomic E-state index is 2.20. The maximum Gasteiger partial charge on any atom is 0.0105 e. The van der Waals surface area contributed by atoms with Crippen molar-refractivity contribution in [2.45, 2.75) is 11.8 Å². The summed E-state index contributed by atoms with van der Waals surface area (Å²) in [5, 5.41) is 2.70. The summed E-state index contributed by atoms with van der Waals surface area (Å²) >= 11 is 1.81. The van der Waals surface area contributed by atoms with Crippen LogP contribution >= 0.6 is 11.8 Å². The van der Waals surface area contributed by atoms with Crippen LogP contribution in [0, 0.1) is 6.92 Å². The first-order valence-corrected chi connectivity index (χ1v) is 5.58. The fourth-order valence-corrected chi connectivity index (χ4v) is 2.25. The number of thioether (sulfide) groups is 1. The average Bonchev–Trinajstić information content (AvgIpc) is 2.19. The van der Waals surface area contributed by atoms with Crippen molar-refractivity contribution in [1.29, 1.82) is 0 Å². The monoisotopic (exact) mass is 188 g/mol. The Labute approximate surface area is 83.0 Å². The molecular weight excluding hydrogens is 176 g/mol. The van der Waals surface area contributed by atoms with Crippen molar-refractivity contribution < 1.29 is 0 Å². The Morgan fingerprint density at radius 2 is 1.77 bits per heavy atom. The molecule has 0 aliphatic heterocycles. The van der Waals surface area contributed by atoms with Crippen LogP contribution in [0.2, 0.25) is 0 Å². The Balaban J connectivity index is 2.79. The van der Waals surface area contributed by atoms with E-state index in [4.69, 9.17) is 0 Å². The van der Waals surface area contributed by atoms with Crippen LogP contribution < -0.4 is 0 Å². The molecule has 0 aromatic heterocycles. The van der Waals surface area contributed by atoms with Gasteiger partial charge in [0.2, 0.25) is 0 Å². The third-order valence-electron chi connectivity index (χ3n) is 2.37. The summed E-state index contributed by atoms with van der Waals surface area (Å²) < 4.78 is 0. The molecule has 2 aromatic carbocycles. The first-order valence-electron chi connectivity index (χ1n) is 4.35. The molecule has 0 fully saturated rings. The molecule has 66 valence electrons. The van der Waals surface area contributed by atoms with Gasteiger partial charge in [0.25, 0.3) is 0 Å².